The number of anilines is 1. The summed E-state index contributed by atoms with van der Waals surface area (Å²) in [7, 11) is 1.35. The van der Waals surface area contributed by atoms with Gasteiger partial charge >= 0.3 is 12.3 Å². The molecule has 3 amide bonds. The predicted molar refractivity (Wildman–Crippen MR) is 141 cm³/mol. The van der Waals surface area contributed by atoms with Gasteiger partial charge in [0.25, 0.3) is 5.91 Å². The number of amides is 3. The van der Waals surface area contributed by atoms with Crippen LogP contribution in [-0.2, 0) is 21.1 Å². The van der Waals surface area contributed by atoms with E-state index in [0.29, 0.717) is 58.2 Å². The average molecular weight is 579 g/mol. The summed E-state index contributed by atoms with van der Waals surface area (Å²) in [4.78, 5) is 45.4. The van der Waals surface area contributed by atoms with Crippen LogP contribution < -0.4 is 10.2 Å². The van der Waals surface area contributed by atoms with E-state index in [4.69, 9.17) is 16.3 Å². The lowest BCUT2D eigenvalue weighted by molar-refractivity contribution is -0.141. The molecule has 1 aromatic carbocycles. The van der Waals surface area contributed by atoms with E-state index in [1.165, 1.54) is 7.11 Å². The Morgan fingerprint density at radius 2 is 1.82 bits per heavy atom. The Morgan fingerprint density at radius 3 is 2.48 bits per heavy atom. The van der Waals surface area contributed by atoms with Crippen LogP contribution in [0.1, 0.15) is 60.1 Å². The van der Waals surface area contributed by atoms with Crippen molar-refractivity contribution in [3.8, 4) is 0 Å². The summed E-state index contributed by atoms with van der Waals surface area (Å²) >= 11 is 5.82. The van der Waals surface area contributed by atoms with Crippen LogP contribution in [0.25, 0.3) is 0 Å². The molecule has 12 heteroatoms. The molecule has 2 fully saturated rings. The Hall–Kier alpha value is -3.34. The van der Waals surface area contributed by atoms with Gasteiger partial charge in [-0.15, -0.1) is 0 Å². The quantitative estimate of drug-likeness (QED) is 0.539. The topological polar surface area (TPSA) is 91.8 Å². The van der Waals surface area contributed by atoms with Crippen molar-refractivity contribution in [1.82, 2.24) is 15.2 Å². The minimum atomic E-state index is -4.78. The highest BCUT2D eigenvalue weighted by atomic mass is 35.5. The SMILES string of the molecule is COC(=O)N1CCC2(CC1)C(=O)N(CC1CCC(NC(=O)c3cc(Cl)cnc3C(F)(F)F)CC1)c1ccccc12. The zero-order valence-corrected chi connectivity index (χ0v) is 22.7. The normalized spacial score (nSPS) is 22.3. The van der Waals surface area contributed by atoms with E-state index in [1.807, 2.05) is 29.2 Å². The van der Waals surface area contributed by atoms with E-state index in [1.54, 1.807) is 4.90 Å². The molecular formula is C28H30ClF3N4O4. The fourth-order valence-corrected chi connectivity index (χ4v) is 6.47. The number of hydrogen-bond donors (Lipinski definition) is 1. The van der Waals surface area contributed by atoms with Crippen LogP contribution in [0.2, 0.25) is 5.02 Å². The third-order valence-electron chi connectivity index (χ3n) is 8.40. The van der Waals surface area contributed by atoms with Gasteiger partial charge in [-0.1, -0.05) is 29.8 Å². The number of rotatable bonds is 4. The number of halogens is 4. The molecule has 8 nitrogen and oxygen atoms in total. The van der Waals surface area contributed by atoms with Crippen molar-refractivity contribution in [3.63, 3.8) is 0 Å². The van der Waals surface area contributed by atoms with Gasteiger partial charge < -0.3 is 19.9 Å². The Bertz CT molecular complexity index is 1300. The number of hydrogen-bond acceptors (Lipinski definition) is 5. The van der Waals surface area contributed by atoms with Crippen molar-refractivity contribution in [2.75, 3.05) is 31.6 Å². The monoisotopic (exact) mass is 578 g/mol. The molecule has 2 aromatic rings. The van der Waals surface area contributed by atoms with E-state index in [9.17, 15) is 27.6 Å². The first-order chi connectivity index (χ1) is 19.0. The van der Waals surface area contributed by atoms with E-state index in [2.05, 4.69) is 10.3 Å². The van der Waals surface area contributed by atoms with Crippen molar-refractivity contribution in [3.05, 3.63) is 58.4 Å². The summed E-state index contributed by atoms with van der Waals surface area (Å²) in [6, 6.07) is 8.48. The third-order valence-corrected chi connectivity index (χ3v) is 8.61. The Kier molecular flexibility index (Phi) is 7.69. The number of carbonyl (C=O) groups excluding carboxylic acids is 3. The van der Waals surface area contributed by atoms with Crippen molar-refractivity contribution in [2.45, 2.75) is 56.2 Å². The van der Waals surface area contributed by atoms with Gasteiger partial charge in [0.15, 0.2) is 5.69 Å². The largest absolute Gasteiger partial charge is 0.453 e. The van der Waals surface area contributed by atoms with Crippen LogP contribution in [0.4, 0.5) is 23.7 Å². The summed E-state index contributed by atoms with van der Waals surface area (Å²) in [6.45, 7) is 1.39. The number of methoxy groups -OCH3 is 1. The summed E-state index contributed by atoms with van der Waals surface area (Å²) < 4.78 is 44.9. The molecule has 1 aliphatic carbocycles. The minimum Gasteiger partial charge on any atom is -0.453 e. The van der Waals surface area contributed by atoms with Crippen molar-refractivity contribution < 1.29 is 32.3 Å². The van der Waals surface area contributed by atoms with E-state index in [0.717, 1.165) is 23.5 Å². The first kappa shape index (κ1) is 28.2. The molecule has 3 aliphatic rings. The Balaban J connectivity index is 1.23. The second-order valence-corrected chi connectivity index (χ2v) is 11.1. The lowest BCUT2D eigenvalue weighted by Gasteiger charge is -2.38. The van der Waals surface area contributed by atoms with Gasteiger partial charge in [-0.3, -0.25) is 9.59 Å². The molecule has 40 heavy (non-hydrogen) atoms. The van der Waals surface area contributed by atoms with E-state index >= 15 is 0 Å². The van der Waals surface area contributed by atoms with E-state index < -0.39 is 34.8 Å². The number of nitrogens with one attached hydrogen (secondary N) is 1. The highest BCUT2D eigenvalue weighted by molar-refractivity contribution is 6.30. The van der Waals surface area contributed by atoms with Gasteiger partial charge in [0.2, 0.25) is 5.91 Å². The number of ether oxygens (including phenoxy) is 1. The van der Waals surface area contributed by atoms with Crippen molar-refractivity contribution >= 4 is 35.2 Å². The van der Waals surface area contributed by atoms with Crippen LogP contribution >= 0.6 is 11.6 Å². The maximum absolute atomic E-state index is 13.9. The summed E-state index contributed by atoms with van der Waals surface area (Å²) in [5.41, 5.74) is -0.651. The lowest BCUT2D eigenvalue weighted by Crippen LogP contribution is -2.50. The molecule has 0 atom stereocenters. The van der Waals surface area contributed by atoms with Gasteiger partial charge in [0.1, 0.15) is 0 Å². The highest BCUT2D eigenvalue weighted by Gasteiger charge is 2.52. The highest BCUT2D eigenvalue weighted by Crippen LogP contribution is 2.48. The van der Waals surface area contributed by atoms with Crippen LogP contribution in [-0.4, -0.2) is 60.6 Å². The second kappa shape index (κ2) is 10.9. The molecule has 0 bridgehead atoms. The molecule has 0 radical (unpaired) electrons. The molecule has 5 rings (SSSR count). The molecule has 1 saturated carbocycles. The van der Waals surface area contributed by atoms with Gasteiger partial charge in [0, 0.05) is 37.6 Å². The second-order valence-electron chi connectivity index (χ2n) is 10.7. The number of aromatic nitrogens is 1. The molecule has 1 saturated heterocycles. The van der Waals surface area contributed by atoms with Crippen LogP contribution in [0.3, 0.4) is 0 Å². The number of likely N-dealkylation sites (tertiary alicyclic amines) is 1. The van der Waals surface area contributed by atoms with Crippen LogP contribution in [0.5, 0.6) is 0 Å². The van der Waals surface area contributed by atoms with Gasteiger partial charge in [-0.2, -0.15) is 13.2 Å². The maximum Gasteiger partial charge on any atom is 0.434 e. The lowest BCUT2D eigenvalue weighted by atomic mass is 9.73. The molecule has 214 valence electrons. The predicted octanol–water partition coefficient (Wildman–Crippen LogP) is 5.19. The number of para-hydroxylation sites is 1. The molecule has 2 aliphatic heterocycles. The summed E-state index contributed by atoms with van der Waals surface area (Å²) in [5.74, 6) is -0.634. The smallest absolute Gasteiger partial charge is 0.434 e. The standard InChI is InChI=1S/C28H30ClF3N4O4/c1-40-26(39)35-12-10-27(11-13-35)21-4-2-3-5-22(21)36(25(27)38)16-17-6-8-19(9-7-17)34-24(37)20-14-18(29)15-33-23(20)28(30,31)32/h2-5,14-15,17,19H,6-13,16H2,1H3,(H,34,37). The van der Waals surface area contributed by atoms with Gasteiger partial charge in [-0.05, 0) is 62.1 Å². The van der Waals surface area contributed by atoms with E-state index in [-0.39, 0.29) is 22.9 Å². The summed E-state index contributed by atoms with van der Waals surface area (Å²) in [5, 5.41) is 2.67. The van der Waals surface area contributed by atoms with Gasteiger partial charge in [-0.25, -0.2) is 9.78 Å². The zero-order valence-electron chi connectivity index (χ0n) is 22.0. The fraction of sp³-hybridized carbons (Fsp3) is 0.500. The number of pyridine rings is 1. The fourth-order valence-electron chi connectivity index (χ4n) is 6.31. The van der Waals surface area contributed by atoms with Gasteiger partial charge in [0.05, 0.1) is 23.1 Å². The molecule has 1 aromatic heterocycles. The average Bonchev–Trinajstić information content (AvgIpc) is 3.16. The maximum atomic E-state index is 13.9. The number of piperidine rings is 1. The Labute approximate surface area is 234 Å². The molecular weight excluding hydrogens is 549 g/mol. The molecule has 1 N–H and O–H groups in total. The van der Waals surface area contributed by atoms with Crippen LogP contribution in [0, 0.1) is 5.92 Å². The molecule has 1 spiro atoms. The summed E-state index contributed by atoms with van der Waals surface area (Å²) in [6.07, 6.45) is -0.687. The third kappa shape index (κ3) is 5.23. The number of fused-ring (bicyclic) bond motifs is 2. The van der Waals surface area contributed by atoms with Crippen molar-refractivity contribution in [2.24, 2.45) is 5.92 Å². The zero-order chi connectivity index (χ0) is 28.7. The number of carbonyl (C=O) groups is 3. The van der Waals surface area contributed by atoms with Crippen LogP contribution in [0.15, 0.2) is 36.5 Å². The first-order valence-electron chi connectivity index (χ1n) is 13.3. The van der Waals surface area contributed by atoms with Crippen molar-refractivity contribution in [1.29, 1.82) is 0 Å². The number of benzene rings is 1. The molecule has 0 unspecified atom stereocenters. The molecule has 3 heterocycles. The Morgan fingerprint density at radius 1 is 1.15 bits per heavy atom. The minimum absolute atomic E-state index is 0.0433. The number of nitrogens with zero attached hydrogens (tertiary/aromatic N) is 3. The first-order valence-corrected chi connectivity index (χ1v) is 13.7. The number of alkyl halides is 3.